The summed E-state index contributed by atoms with van der Waals surface area (Å²) < 4.78 is 37.0. The van der Waals surface area contributed by atoms with Gasteiger partial charge in [-0.3, -0.25) is 15.5 Å². The Kier molecular flexibility index (Phi) is 4.35. The van der Waals surface area contributed by atoms with Crippen LogP contribution in [-0.4, -0.2) is 16.1 Å². The third kappa shape index (κ3) is 4.01. The average molecular weight is 310 g/mol. The number of aromatic nitrogens is 1. The molecular weight excluding hydrogens is 301 g/mol. The molecule has 22 heavy (non-hydrogen) atoms. The van der Waals surface area contributed by atoms with Crippen LogP contribution in [0.5, 0.6) is 0 Å². The molecule has 1 N–H and O–H groups in total. The number of halogens is 3. The lowest BCUT2D eigenvalue weighted by atomic mass is 10.2. The molecule has 0 amide bonds. The van der Waals surface area contributed by atoms with Crippen LogP contribution in [0.25, 0.3) is 0 Å². The molecule has 0 saturated heterocycles. The van der Waals surface area contributed by atoms with E-state index in [1.165, 1.54) is 30.5 Å². The molecule has 114 valence electrons. The summed E-state index contributed by atoms with van der Waals surface area (Å²) in [6.45, 7) is 0. The third-order valence-corrected chi connectivity index (χ3v) is 2.59. The van der Waals surface area contributed by atoms with Gasteiger partial charge in [-0.1, -0.05) is 0 Å². The van der Waals surface area contributed by atoms with Crippen molar-refractivity contribution in [3.8, 4) is 0 Å². The predicted molar refractivity (Wildman–Crippen MR) is 73.6 cm³/mol. The summed E-state index contributed by atoms with van der Waals surface area (Å²) in [7, 11) is 0. The zero-order chi connectivity index (χ0) is 16.2. The standard InChI is InChI=1S/C13H9F3N4O2/c14-13(15,16)10-3-6-12(17-8-10)19-18-7-9-1-4-11(5-2-9)20(21)22/h1-8H,(H,17,19). The largest absolute Gasteiger partial charge is 0.417 e. The minimum atomic E-state index is -4.44. The number of nitro benzene ring substituents is 1. The molecule has 9 heteroatoms. The van der Waals surface area contributed by atoms with E-state index in [2.05, 4.69) is 15.5 Å². The number of anilines is 1. The van der Waals surface area contributed by atoms with Gasteiger partial charge in [0.1, 0.15) is 5.82 Å². The van der Waals surface area contributed by atoms with Gasteiger partial charge < -0.3 is 0 Å². The number of hydrogen-bond donors (Lipinski definition) is 1. The van der Waals surface area contributed by atoms with Gasteiger partial charge in [0.25, 0.3) is 5.69 Å². The van der Waals surface area contributed by atoms with E-state index in [0.717, 1.165) is 12.1 Å². The van der Waals surface area contributed by atoms with Gasteiger partial charge in [-0.25, -0.2) is 4.98 Å². The van der Waals surface area contributed by atoms with E-state index < -0.39 is 16.7 Å². The molecule has 2 rings (SSSR count). The van der Waals surface area contributed by atoms with Gasteiger partial charge in [0.15, 0.2) is 0 Å². The molecule has 1 aromatic carbocycles. The number of non-ortho nitro benzene ring substituents is 1. The predicted octanol–water partition coefficient (Wildman–Crippen LogP) is 3.45. The van der Waals surface area contributed by atoms with Gasteiger partial charge in [0.2, 0.25) is 0 Å². The summed E-state index contributed by atoms with van der Waals surface area (Å²) in [6.07, 6.45) is -2.37. The molecule has 0 aliphatic carbocycles. The number of hydrazone groups is 1. The average Bonchev–Trinajstić information content (AvgIpc) is 2.47. The fraction of sp³-hybridized carbons (Fsp3) is 0.0769. The molecular formula is C13H9F3N4O2. The Labute approximate surface area is 122 Å². The summed E-state index contributed by atoms with van der Waals surface area (Å²) in [4.78, 5) is 13.5. The molecule has 0 spiro atoms. The van der Waals surface area contributed by atoms with E-state index in [1.54, 1.807) is 0 Å². The zero-order valence-electron chi connectivity index (χ0n) is 10.9. The van der Waals surface area contributed by atoms with Crippen molar-refractivity contribution in [2.75, 3.05) is 5.43 Å². The monoisotopic (exact) mass is 310 g/mol. The van der Waals surface area contributed by atoms with Crippen LogP contribution >= 0.6 is 0 Å². The molecule has 0 saturated carbocycles. The fourth-order valence-corrected chi connectivity index (χ4v) is 1.48. The number of rotatable bonds is 4. The van der Waals surface area contributed by atoms with Crippen LogP contribution in [0.3, 0.4) is 0 Å². The number of nitrogens with zero attached hydrogens (tertiary/aromatic N) is 3. The number of nitrogens with one attached hydrogen (secondary N) is 1. The van der Waals surface area contributed by atoms with Crippen LogP contribution < -0.4 is 5.43 Å². The van der Waals surface area contributed by atoms with Crippen molar-refractivity contribution in [1.82, 2.24) is 4.98 Å². The lowest BCUT2D eigenvalue weighted by Gasteiger charge is -2.06. The molecule has 6 nitrogen and oxygen atoms in total. The molecule has 0 aliphatic heterocycles. The maximum atomic E-state index is 12.3. The van der Waals surface area contributed by atoms with Crippen molar-refractivity contribution in [3.63, 3.8) is 0 Å². The first-order chi connectivity index (χ1) is 10.4. The lowest BCUT2D eigenvalue weighted by Crippen LogP contribution is -2.05. The van der Waals surface area contributed by atoms with Crippen LogP contribution in [0, 0.1) is 10.1 Å². The Balaban J connectivity index is 1.98. The minimum Gasteiger partial charge on any atom is -0.261 e. The van der Waals surface area contributed by atoms with E-state index in [-0.39, 0.29) is 11.5 Å². The number of nitro groups is 1. The second kappa shape index (κ2) is 6.20. The number of hydrogen-bond acceptors (Lipinski definition) is 5. The summed E-state index contributed by atoms with van der Waals surface area (Å²) in [5.74, 6) is 0.145. The summed E-state index contributed by atoms with van der Waals surface area (Å²) >= 11 is 0. The SMILES string of the molecule is O=[N+]([O-])c1ccc(C=NNc2ccc(C(F)(F)F)cn2)cc1. The molecule has 0 unspecified atom stereocenters. The van der Waals surface area contributed by atoms with Crippen LogP contribution in [0.1, 0.15) is 11.1 Å². The van der Waals surface area contributed by atoms with E-state index in [0.29, 0.717) is 11.8 Å². The van der Waals surface area contributed by atoms with Gasteiger partial charge in [-0.2, -0.15) is 18.3 Å². The summed E-state index contributed by atoms with van der Waals surface area (Å²) in [6, 6.07) is 7.65. The molecule has 0 atom stereocenters. The first kappa shape index (κ1) is 15.4. The molecule has 0 radical (unpaired) electrons. The quantitative estimate of drug-likeness (QED) is 0.533. The minimum absolute atomic E-state index is 0.0467. The zero-order valence-corrected chi connectivity index (χ0v) is 10.9. The van der Waals surface area contributed by atoms with Crippen LogP contribution in [0.15, 0.2) is 47.7 Å². The lowest BCUT2D eigenvalue weighted by molar-refractivity contribution is -0.384. The van der Waals surface area contributed by atoms with Gasteiger partial charge in [0, 0.05) is 18.3 Å². The van der Waals surface area contributed by atoms with Gasteiger partial charge in [-0.05, 0) is 29.8 Å². The van der Waals surface area contributed by atoms with Crippen molar-refractivity contribution in [2.45, 2.75) is 6.18 Å². The Morgan fingerprint density at radius 3 is 2.36 bits per heavy atom. The molecule has 0 bridgehead atoms. The Bertz CT molecular complexity index is 682. The number of alkyl halides is 3. The van der Waals surface area contributed by atoms with E-state index >= 15 is 0 Å². The van der Waals surface area contributed by atoms with Gasteiger partial charge in [-0.15, -0.1) is 0 Å². The Hall–Kier alpha value is -2.97. The van der Waals surface area contributed by atoms with Crippen molar-refractivity contribution >= 4 is 17.7 Å². The smallest absolute Gasteiger partial charge is 0.261 e. The highest BCUT2D eigenvalue weighted by atomic mass is 19.4. The molecule has 0 aliphatic rings. The van der Waals surface area contributed by atoms with Gasteiger partial charge in [0.05, 0.1) is 16.7 Å². The van der Waals surface area contributed by atoms with Crippen LogP contribution in [-0.2, 0) is 6.18 Å². The first-order valence-electron chi connectivity index (χ1n) is 5.93. The summed E-state index contributed by atoms with van der Waals surface area (Å²) in [5.41, 5.74) is 2.16. The highest BCUT2D eigenvalue weighted by Crippen LogP contribution is 2.28. The molecule has 1 heterocycles. The fourth-order valence-electron chi connectivity index (χ4n) is 1.48. The second-order valence-electron chi connectivity index (χ2n) is 4.15. The van der Waals surface area contributed by atoms with Crippen LogP contribution in [0.4, 0.5) is 24.7 Å². The first-order valence-corrected chi connectivity index (χ1v) is 5.93. The maximum Gasteiger partial charge on any atom is 0.417 e. The van der Waals surface area contributed by atoms with Crippen LogP contribution in [0.2, 0.25) is 0 Å². The molecule has 2 aromatic rings. The third-order valence-electron chi connectivity index (χ3n) is 2.59. The van der Waals surface area contributed by atoms with E-state index in [1.807, 2.05) is 0 Å². The van der Waals surface area contributed by atoms with Gasteiger partial charge >= 0.3 is 6.18 Å². The van der Waals surface area contributed by atoms with Crippen molar-refractivity contribution in [3.05, 3.63) is 63.8 Å². The normalized spacial score (nSPS) is 11.6. The highest BCUT2D eigenvalue weighted by molar-refractivity contribution is 5.80. The van der Waals surface area contributed by atoms with Crippen molar-refractivity contribution in [2.24, 2.45) is 5.10 Å². The molecule has 1 aromatic heterocycles. The van der Waals surface area contributed by atoms with E-state index in [9.17, 15) is 23.3 Å². The molecule has 0 fully saturated rings. The number of pyridine rings is 1. The van der Waals surface area contributed by atoms with Crippen molar-refractivity contribution < 1.29 is 18.1 Å². The highest BCUT2D eigenvalue weighted by Gasteiger charge is 2.30. The second-order valence-corrected chi connectivity index (χ2v) is 4.15. The number of benzene rings is 1. The van der Waals surface area contributed by atoms with E-state index in [4.69, 9.17) is 0 Å². The topological polar surface area (TPSA) is 80.4 Å². The Morgan fingerprint density at radius 2 is 1.86 bits per heavy atom. The summed E-state index contributed by atoms with van der Waals surface area (Å²) in [5, 5.41) is 14.3. The van der Waals surface area contributed by atoms with Crippen molar-refractivity contribution in [1.29, 1.82) is 0 Å². The Morgan fingerprint density at radius 1 is 1.18 bits per heavy atom. The maximum absolute atomic E-state index is 12.3.